The smallest absolute Gasteiger partial charge is 0.356 e. The first-order valence-electron chi connectivity index (χ1n) is 7.96. The molecule has 0 spiro atoms. The van der Waals surface area contributed by atoms with Crippen LogP contribution in [0.15, 0.2) is 23.2 Å². The third-order valence-electron chi connectivity index (χ3n) is 3.45. The molecule has 144 valence electrons. The van der Waals surface area contributed by atoms with Gasteiger partial charge in [-0.3, -0.25) is 9.89 Å². The molecule has 4 nitrogen and oxygen atoms in total. The molecule has 8 heteroatoms. The molecular weight excluding hydrogens is 444 g/mol. The molecule has 0 aliphatic rings. The van der Waals surface area contributed by atoms with E-state index in [9.17, 15) is 13.2 Å². The van der Waals surface area contributed by atoms with Gasteiger partial charge in [0.2, 0.25) is 0 Å². The van der Waals surface area contributed by atoms with Gasteiger partial charge in [-0.25, -0.2) is 0 Å². The standard InChI is InChI=1S/C17H27F3N4.HI/c1-13-9-14(2)11-15(10-13)5-6-22-16(21-3)23-7-8-24(4)12-17(18,19)20;/h9-11H,5-8,12H2,1-4H3,(H2,21,22,23);1H. The molecular formula is C17H28F3IN4. The summed E-state index contributed by atoms with van der Waals surface area (Å²) >= 11 is 0. The number of nitrogens with one attached hydrogen (secondary N) is 2. The quantitative estimate of drug-likeness (QED) is 0.364. The van der Waals surface area contributed by atoms with Crippen molar-refractivity contribution in [3.05, 3.63) is 34.9 Å². The van der Waals surface area contributed by atoms with Gasteiger partial charge in [0.1, 0.15) is 0 Å². The van der Waals surface area contributed by atoms with E-state index in [4.69, 9.17) is 0 Å². The monoisotopic (exact) mass is 472 g/mol. The van der Waals surface area contributed by atoms with Crippen molar-refractivity contribution in [3.63, 3.8) is 0 Å². The van der Waals surface area contributed by atoms with Crippen molar-refractivity contribution in [2.24, 2.45) is 4.99 Å². The number of hydrogen-bond donors (Lipinski definition) is 2. The maximum Gasteiger partial charge on any atom is 0.401 e. The number of nitrogens with zero attached hydrogens (tertiary/aromatic N) is 2. The van der Waals surface area contributed by atoms with Gasteiger partial charge in [-0.1, -0.05) is 29.3 Å². The molecule has 0 atom stereocenters. The number of rotatable bonds is 7. The second-order valence-electron chi connectivity index (χ2n) is 6.02. The lowest BCUT2D eigenvalue weighted by atomic mass is 10.1. The molecule has 0 aromatic heterocycles. The first-order chi connectivity index (χ1) is 11.2. The molecule has 0 saturated heterocycles. The second kappa shape index (κ2) is 11.6. The van der Waals surface area contributed by atoms with E-state index in [1.54, 1.807) is 7.05 Å². The lowest BCUT2D eigenvalue weighted by molar-refractivity contribution is -0.142. The van der Waals surface area contributed by atoms with E-state index in [2.05, 4.69) is 47.7 Å². The Balaban J connectivity index is 0.00000576. The summed E-state index contributed by atoms with van der Waals surface area (Å²) < 4.78 is 36.7. The molecule has 0 unspecified atom stereocenters. The fourth-order valence-electron chi connectivity index (χ4n) is 2.51. The summed E-state index contributed by atoms with van der Waals surface area (Å²) in [5.74, 6) is 0.597. The molecule has 0 radical (unpaired) electrons. The van der Waals surface area contributed by atoms with Gasteiger partial charge in [-0.2, -0.15) is 13.2 Å². The van der Waals surface area contributed by atoms with Crippen molar-refractivity contribution in [1.29, 1.82) is 0 Å². The molecule has 0 saturated carbocycles. The highest BCUT2D eigenvalue weighted by molar-refractivity contribution is 14.0. The number of hydrogen-bond acceptors (Lipinski definition) is 2. The maximum absolute atomic E-state index is 12.2. The van der Waals surface area contributed by atoms with Gasteiger partial charge in [0, 0.05) is 26.7 Å². The Hall–Kier alpha value is -1.03. The third kappa shape index (κ3) is 11.2. The number of alkyl halides is 3. The predicted molar refractivity (Wildman–Crippen MR) is 108 cm³/mol. The molecule has 0 aliphatic heterocycles. The molecule has 0 fully saturated rings. The van der Waals surface area contributed by atoms with Crippen LogP contribution in [0.2, 0.25) is 0 Å². The number of benzene rings is 1. The molecule has 1 aromatic rings. The Labute approximate surface area is 165 Å². The van der Waals surface area contributed by atoms with Gasteiger partial charge in [0.05, 0.1) is 6.54 Å². The maximum atomic E-state index is 12.2. The molecule has 1 aromatic carbocycles. The second-order valence-corrected chi connectivity index (χ2v) is 6.02. The molecule has 0 bridgehead atoms. The fourth-order valence-corrected chi connectivity index (χ4v) is 2.51. The number of likely N-dealkylation sites (N-methyl/N-ethyl adjacent to an activating group) is 1. The summed E-state index contributed by atoms with van der Waals surface area (Å²) in [4.78, 5) is 5.31. The van der Waals surface area contributed by atoms with Crippen LogP contribution in [0, 0.1) is 13.8 Å². The van der Waals surface area contributed by atoms with Crippen LogP contribution in [0.1, 0.15) is 16.7 Å². The van der Waals surface area contributed by atoms with Crippen LogP contribution in [-0.4, -0.2) is 57.3 Å². The number of aliphatic imine (C=N–C) groups is 1. The highest BCUT2D eigenvalue weighted by atomic mass is 127. The molecule has 0 heterocycles. The first kappa shape index (κ1) is 24.0. The molecule has 1 rings (SSSR count). The molecule has 0 aliphatic carbocycles. The zero-order valence-corrected chi connectivity index (χ0v) is 17.5. The minimum absolute atomic E-state index is 0. The topological polar surface area (TPSA) is 39.7 Å². The number of guanidine groups is 1. The zero-order valence-electron chi connectivity index (χ0n) is 15.2. The highest BCUT2D eigenvalue weighted by Crippen LogP contribution is 2.15. The lowest BCUT2D eigenvalue weighted by Gasteiger charge is -2.19. The van der Waals surface area contributed by atoms with Crippen molar-refractivity contribution in [3.8, 4) is 0 Å². The fraction of sp³-hybridized carbons (Fsp3) is 0.588. The Morgan fingerprint density at radius 1 is 1.08 bits per heavy atom. The lowest BCUT2D eigenvalue weighted by Crippen LogP contribution is -2.43. The Morgan fingerprint density at radius 3 is 2.16 bits per heavy atom. The van der Waals surface area contributed by atoms with E-state index in [-0.39, 0.29) is 30.5 Å². The summed E-state index contributed by atoms with van der Waals surface area (Å²) in [5, 5.41) is 6.20. The number of halogens is 4. The SMILES string of the molecule is CN=C(NCCc1cc(C)cc(C)c1)NCCN(C)CC(F)(F)F.I. The predicted octanol–water partition coefficient (Wildman–Crippen LogP) is 3.12. The van der Waals surface area contributed by atoms with Crippen LogP contribution < -0.4 is 10.6 Å². The van der Waals surface area contributed by atoms with Gasteiger partial charge in [0.15, 0.2) is 5.96 Å². The van der Waals surface area contributed by atoms with E-state index in [0.29, 0.717) is 19.0 Å². The van der Waals surface area contributed by atoms with Gasteiger partial charge >= 0.3 is 6.18 Å². The molecule has 2 N–H and O–H groups in total. The third-order valence-corrected chi connectivity index (χ3v) is 3.45. The summed E-state index contributed by atoms with van der Waals surface area (Å²) in [7, 11) is 3.09. The normalized spacial score (nSPS) is 12.1. The van der Waals surface area contributed by atoms with Crippen LogP contribution in [-0.2, 0) is 6.42 Å². The first-order valence-corrected chi connectivity index (χ1v) is 7.96. The van der Waals surface area contributed by atoms with Crippen LogP contribution >= 0.6 is 24.0 Å². The summed E-state index contributed by atoms with van der Waals surface area (Å²) in [6, 6.07) is 6.43. The van der Waals surface area contributed by atoms with Crippen LogP contribution in [0.3, 0.4) is 0 Å². The van der Waals surface area contributed by atoms with E-state index in [0.717, 1.165) is 6.42 Å². The van der Waals surface area contributed by atoms with Crippen molar-refractivity contribution in [2.45, 2.75) is 26.4 Å². The van der Waals surface area contributed by atoms with E-state index < -0.39 is 12.7 Å². The van der Waals surface area contributed by atoms with Crippen LogP contribution in [0.5, 0.6) is 0 Å². The van der Waals surface area contributed by atoms with Crippen LogP contribution in [0.25, 0.3) is 0 Å². The highest BCUT2D eigenvalue weighted by Gasteiger charge is 2.28. The van der Waals surface area contributed by atoms with Crippen molar-refractivity contribution in [1.82, 2.24) is 15.5 Å². The van der Waals surface area contributed by atoms with Gasteiger partial charge in [0.25, 0.3) is 0 Å². The van der Waals surface area contributed by atoms with Crippen molar-refractivity contribution in [2.75, 3.05) is 40.3 Å². The largest absolute Gasteiger partial charge is 0.401 e. The Kier molecular flexibility index (Phi) is 11.1. The van der Waals surface area contributed by atoms with E-state index in [1.807, 2.05) is 0 Å². The summed E-state index contributed by atoms with van der Waals surface area (Å²) in [6.45, 7) is 4.63. The van der Waals surface area contributed by atoms with Crippen molar-refractivity contribution >= 4 is 29.9 Å². The van der Waals surface area contributed by atoms with Gasteiger partial charge in [-0.05, 0) is 32.9 Å². The van der Waals surface area contributed by atoms with E-state index >= 15 is 0 Å². The molecule has 0 amide bonds. The zero-order chi connectivity index (χ0) is 18.2. The molecule has 25 heavy (non-hydrogen) atoms. The minimum atomic E-state index is -4.17. The van der Waals surface area contributed by atoms with Crippen LogP contribution in [0.4, 0.5) is 13.2 Å². The average Bonchev–Trinajstić information content (AvgIpc) is 2.42. The van der Waals surface area contributed by atoms with Crippen molar-refractivity contribution < 1.29 is 13.2 Å². The minimum Gasteiger partial charge on any atom is -0.356 e. The van der Waals surface area contributed by atoms with Gasteiger partial charge in [-0.15, -0.1) is 24.0 Å². The Bertz CT molecular complexity index is 527. The number of aryl methyl sites for hydroxylation is 2. The summed E-state index contributed by atoms with van der Waals surface area (Å²) in [6.07, 6.45) is -3.31. The summed E-state index contributed by atoms with van der Waals surface area (Å²) in [5.41, 5.74) is 3.72. The van der Waals surface area contributed by atoms with E-state index in [1.165, 1.54) is 28.6 Å². The van der Waals surface area contributed by atoms with Gasteiger partial charge < -0.3 is 10.6 Å². The Morgan fingerprint density at radius 2 is 1.64 bits per heavy atom. The average molecular weight is 472 g/mol.